The van der Waals surface area contributed by atoms with E-state index in [4.69, 9.17) is 9.47 Å². The molecule has 0 amide bonds. The van der Waals surface area contributed by atoms with E-state index in [0.717, 1.165) is 20.7 Å². The smallest absolute Gasteiger partial charge is 0.231 e. The molecular weight excluding hydrogens is 483 g/mol. The molecule has 5 rings (SSSR count). The number of ether oxygens (including phenoxy) is 2. The van der Waals surface area contributed by atoms with Crippen molar-refractivity contribution < 1.29 is 9.47 Å². The topological polar surface area (TPSA) is 86.1 Å². The number of rotatable bonds is 5. The van der Waals surface area contributed by atoms with Gasteiger partial charge in [0.25, 0.3) is 0 Å². The first kappa shape index (κ1) is 17.7. The molecule has 9 heteroatoms. The molecule has 0 bridgehead atoms. The molecule has 0 radical (unpaired) electrons. The molecule has 0 saturated heterocycles. The molecule has 1 aliphatic heterocycles. The number of hydrogen-bond acceptors (Lipinski definition) is 7. The molecular formula is C20H15IN6O2. The molecule has 144 valence electrons. The average Bonchev–Trinajstić information content (AvgIpc) is 3.39. The third kappa shape index (κ3) is 3.68. The molecule has 0 fully saturated rings. The van der Waals surface area contributed by atoms with Crippen LogP contribution in [0.3, 0.4) is 0 Å². The van der Waals surface area contributed by atoms with Crippen LogP contribution in [0.1, 0.15) is 0 Å². The van der Waals surface area contributed by atoms with Crippen molar-refractivity contribution in [3.63, 3.8) is 0 Å². The van der Waals surface area contributed by atoms with Crippen molar-refractivity contribution in [2.45, 2.75) is 0 Å². The van der Waals surface area contributed by atoms with Crippen LogP contribution in [-0.2, 0) is 0 Å². The lowest BCUT2D eigenvalue weighted by Crippen LogP contribution is -2.05. The summed E-state index contributed by atoms with van der Waals surface area (Å²) in [5.74, 6) is 3.46. The van der Waals surface area contributed by atoms with Crippen molar-refractivity contribution in [1.82, 2.24) is 19.5 Å². The van der Waals surface area contributed by atoms with Crippen LogP contribution in [0.25, 0.3) is 5.82 Å². The van der Waals surface area contributed by atoms with E-state index in [1.54, 1.807) is 6.20 Å². The minimum atomic E-state index is 0.243. The van der Waals surface area contributed by atoms with Crippen molar-refractivity contribution in [2.24, 2.45) is 0 Å². The molecule has 0 unspecified atom stereocenters. The fourth-order valence-corrected chi connectivity index (χ4v) is 3.46. The number of nitrogens with zero attached hydrogens (tertiary/aromatic N) is 4. The summed E-state index contributed by atoms with van der Waals surface area (Å²) in [5.41, 5.74) is 1.83. The van der Waals surface area contributed by atoms with E-state index in [-0.39, 0.29) is 6.79 Å². The summed E-state index contributed by atoms with van der Waals surface area (Å²) in [6.45, 7) is 0.243. The summed E-state index contributed by atoms with van der Waals surface area (Å²) < 4.78 is 13.7. The van der Waals surface area contributed by atoms with E-state index < -0.39 is 0 Å². The normalized spacial score (nSPS) is 12.0. The second-order valence-electron chi connectivity index (χ2n) is 6.18. The van der Waals surface area contributed by atoms with Crippen molar-refractivity contribution in [3.05, 3.63) is 70.8 Å². The van der Waals surface area contributed by atoms with Gasteiger partial charge in [-0.2, -0.15) is 0 Å². The van der Waals surface area contributed by atoms with Crippen LogP contribution in [0.5, 0.6) is 11.5 Å². The molecule has 8 nitrogen and oxygen atoms in total. The molecule has 4 aromatic rings. The zero-order valence-corrected chi connectivity index (χ0v) is 17.2. The van der Waals surface area contributed by atoms with Crippen LogP contribution in [-0.4, -0.2) is 26.3 Å². The molecule has 2 aromatic carbocycles. The highest BCUT2D eigenvalue weighted by Crippen LogP contribution is 2.35. The highest BCUT2D eigenvalue weighted by atomic mass is 127. The Morgan fingerprint density at radius 3 is 2.76 bits per heavy atom. The number of anilines is 4. The van der Waals surface area contributed by atoms with Gasteiger partial charge in [0.15, 0.2) is 11.5 Å². The lowest BCUT2D eigenvalue weighted by atomic mass is 10.3. The highest BCUT2D eigenvalue weighted by molar-refractivity contribution is 14.1. The average molecular weight is 498 g/mol. The van der Waals surface area contributed by atoms with E-state index in [1.807, 2.05) is 59.3 Å². The second kappa shape index (κ2) is 7.59. The number of fused-ring (bicyclic) bond motifs is 1. The maximum Gasteiger partial charge on any atom is 0.231 e. The van der Waals surface area contributed by atoms with E-state index in [9.17, 15) is 0 Å². The molecule has 1 aliphatic rings. The predicted octanol–water partition coefficient (Wildman–Crippen LogP) is 4.48. The maximum atomic E-state index is 5.43. The first-order valence-corrected chi connectivity index (χ1v) is 9.88. The van der Waals surface area contributed by atoms with Crippen LogP contribution in [0, 0.1) is 3.57 Å². The number of aromatic nitrogens is 4. The van der Waals surface area contributed by atoms with Crippen LogP contribution in [0.2, 0.25) is 0 Å². The Hall–Kier alpha value is -3.34. The van der Waals surface area contributed by atoms with E-state index in [0.29, 0.717) is 23.3 Å². The zero-order chi connectivity index (χ0) is 19.6. The fourth-order valence-electron chi connectivity index (χ4n) is 2.93. The van der Waals surface area contributed by atoms with Crippen LogP contribution in [0.4, 0.5) is 23.1 Å². The first-order valence-electron chi connectivity index (χ1n) is 8.80. The SMILES string of the molecule is Ic1ccccc1Nc1nccn1-c1cc(Nc2ccc3c(c2)OCO3)ncn1. The van der Waals surface area contributed by atoms with Gasteiger partial charge in [-0.15, -0.1) is 0 Å². The fraction of sp³-hybridized carbons (Fsp3) is 0.0500. The number of halogens is 1. The van der Waals surface area contributed by atoms with Gasteiger partial charge in [0.05, 0.1) is 5.69 Å². The summed E-state index contributed by atoms with van der Waals surface area (Å²) in [5, 5.41) is 6.62. The van der Waals surface area contributed by atoms with Crippen molar-refractivity contribution in [2.75, 3.05) is 17.4 Å². The Balaban J connectivity index is 1.41. The molecule has 29 heavy (non-hydrogen) atoms. The van der Waals surface area contributed by atoms with Gasteiger partial charge in [0.1, 0.15) is 18.0 Å². The van der Waals surface area contributed by atoms with E-state index in [2.05, 4.69) is 48.2 Å². The van der Waals surface area contributed by atoms with Crippen molar-refractivity contribution in [3.8, 4) is 17.3 Å². The summed E-state index contributed by atoms with van der Waals surface area (Å²) in [6.07, 6.45) is 5.09. The number of hydrogen-bond donors (Lipinski definition) is 2. The predicted molar refractivity (Wildman–Crippen MR) is 117 cm³/mol. The van der Waals surface area contributed by atoms with Gasteiger partial charge < -0.3 is 20.1 Å². The molecule has 0 aliphatic carbocycles. The molecule has 0 spiro atoms. The summed E-state index contributed by atoms with van der Waals surface area (Å²) in [4.78, 5) is 13.1. The van der Waals surface area contributed by atoms with Gasteiger partial charge >= 0.3 is 0 Å². The van der Waals surface area contributed by atoms with Crippen LogP contribution >= 0.6 is 22.6 Å². The third-order valence-electron chi connectivity index (χ3n) is 4.31. The third-order valence-corrected chi connectivity index (χ3v) is 5.25. The summed E-state index contributed by atoms with van der Waals surface area (Å²) in [6, 6.07) is 15.5. The Kier molecular flexibility index (Phi) is 4.64. The van der Waals surface area contributed by atoms with Crippen molar-refractivity contribution in [1.29, 1.82) is 0 Å². The zero-order valence-electron chi connectivity index (χ0n) is 15.0. The maximum absolute atomic E-state index is 5.43. The first-order chi connectivity index (χ1) is 14.3. The van der Waals surface area contributed by atoms with Gasteiger partial charge in [-0.05, 0) is 46.9 Å². The van der Waals surface area contributed by atoms with E-state index in [1.165, 1.54) is 6.33 Å². The Morgan fingerprint density at radius 2 is 1.83 bits per heavy atom. The van der Waals surface area contributed by atoms with Gasteiger partial charge in [0.2, 0.25) is 12.7 Å². The summed E-state index contributed by atoms with van der Waals surface area (Å²) >= 11 is 2.29. The molecule has 0 saturated carbocycles. The molecule has 0 atom stereocenters. The van der Waals surface area contributed by atoms with Crippen LogP contribution < -0.4 is 20.1 Å². The number of para-hydroxylation sites is 1. The summed E-state index contributed by atoms with van der Waals surface area (Å²) in [7, 11) is 0. The molecule has 2 aromatic heterocycles. The van der Waals surface area contributed by atoms with E-state index >= 15 is 0 Å². The van der Waals surface area contributed by atoms with Crippen molar-refractivity contribution >= 4 is 45.7 Å². The lowest BCUT2D eigenvalue weighted by Gasteiger charge is -2.12. The standard InChI is InChI=1S/C20H15IN6O2/c21-14-3-1-2-4-15(14)26-20-22-7-8-27(20)19-10-18(23-11-24-19)25-13-5-6-16-17(9-13)29-12-28-16/h1-11H,12H2,(H,22,26)(H,23,24,25). The number of imidazole rings is 1. The Morgan fingerprint density at radius 1 is 0.931 bits per heavy atom. The lowest BCUT2D eigenvalue weighted by molar-refractivity contribution is 0.174. The number of benzene rings is 2. The molecule has 2 N–H and O–H groups in total. The minimum Gasteiger partial charge on any atom is -0.454 e. The van der Waals surface area contributed by atoms with Gasteiger partial charge in [-0.3, -0.25) is 4.57 Å². The monoisotopic (exact) mass is 498 g/mol. The molecule has 3 heterocycles. The van der Waals surface area contributed by atoms with Gasteiger partial charge in [0, 0.05) is 33.8 Å². The Labute approximate surface area is 180 Å². The number of nitrogens with one attached hydrogen (secondary N) is 2. The van der Waals surface area contributed by atoms with Gasteiger partial charge in [-0.25, -0.2) is 15.0 Å². The second-order valence-corrected chi connectivity index (χ2v) is 7.34. The van der Waals surface area contributed by atoms with Crippen LogP contribution in [0.15, 0.2) is 67.3 Å². The van der Waals surface area contributed by atoms with Gasteiger partial charge in [-0.1, -0.05) is 12.1 Å². The quantitative estimate of drug-likeness (QED) is 0.393. The Bertz CT molecular complexity index is 1180. The highest BCUT2D eigenvalue weighted by Gasteiger charge is 2.14. The largest absolute Gasteiger partial charge is 0.454 e. The minimum absolute atomic E-state index is 0.243.